The highest BCUT2D eigenvalue weighted by molar-refractivity contribution is 7.89. The summed E-state index contributed by atoms with van der Waals surface area (Å²) in [7, 11) is -3.72. The fourth-order valence-corrected chi connectivity index (χ4v) is 5.31. The second kappa shape index (κ2) is 5.95. The molecule has 2 aliphatic heterocycles. The fraction of sp³-hybridized carbons (Fsp3) is 0.333. The Morgan fingerprint density at radius 1 is 1.08 bits per heavy atom. The normalized spacial score (nSPS) is 24.2. The van der Waals surface area contributed by atoms with Crippen LogP contribution in [0.4, 0.5) is 4.39 Å². The van der Waals surface area contributed by atoms with Crippen LogP contribution in [0.15, 0.2) is 53.4 Å². The van der Waals surface area contributed by atoms with Crippen molar-refractivity contribution < 1.29 is 12.8 Å². The van der Waals surface area contributed by atoms with Crippen molar-refractivity contribution in [2.75, 3.05) is 19.6 Å². The lowest BCUT2D eigenvalue weighted by atomic mass is 9.87. The van der Waals surface area contributed by atoms with Crippen LogP contribution in [0.1, 0.15) is 17.0 Å². The van der Waals surface area contributed by atoms with E-state index in [0.29, 0.717) is 19.0 Å². The predicted molar refractivity (Wildman–Crippen MR) is 89.5 cm³/mol. The first-order valence-electron chi connectivity index (χ1n) is 8.10. The molecule has 24 heavy (non-hydrogen) atoms. The largest absolute Gasteiger partial charge is 0.316 e. The Balaban J connectivity index is 1.76. The van der Waals surface area contributed by atoms with Crippen LogP contribution < -0.4 is 5.32 Å². The molecule has 0 unspecified atom stereocenters. The van der Waals surface area contributed by atoms with E-state index < -0.39 is 15.8 Å². The number of halogens is 1. The highest BCUT2D eigenvalue weighted by Gasteiger charge is 2.38. The summed E-state index contributed by atoms with van der Waals surface area (Å²) in [5.74, 6) is 0.0256. The molecule has 0 spiro atoms. The maximum atomic E-state index is 13.5. The Kier molecular flexibility index (Phi) is 3.90. The van der Waals surface area contributed by atoms with E-state index in [1.165, 1.54) is 28.1 Å². The molecule has 1 fully saturated rings. The average molecular weight is 346 g/mol. The van der Waals surface area contributed by atoms with Crippen molar-refractivity contribution in [3.05, 3.63) is 65.5 Å². The summed E-state index contributed by atoms with van der Waals surface area (Å²) in [6.45, 7) is 2.46. The lowest BCUT2D eigenvalue weighted by Gasteiger charge is -2.23. The van der Waals surface area contributed by atoms with Gasteiger partial charge in [-0.25, -0.2) is 12.8 Å². The second-order valence-corrected chi connectivity index (χ2v) is 8.42. The summed E-state index contributed by atoms with van der Waals surface area (Å²) in [5, 5.41) is 3.37. The van der Waals surface area contributed by atoms with Crippen LogP contribution in [0.5, 0.6) is 0 Å². The second-order valence-electron chi connectivity index (χ2n) is 6.48. The predicted octanol–water partition coefficient (Wildman–Crippen LogP) is 2.33. The summed E-state index contributed by atoms with van der Waals surface area (Å²) >= 11 is 0. The minimum Gasteiger partial charge on any atom is -0.316 e. The molecule has 6 heteroatoms. The Bertz CT molecular complexity index is 869. The fourth-order valence-electron chi connectivity index (χ4n) is 3.80. The van der Waals surface area contributed by atoms with Crippen LogP contribution in [-0.4, -0.2) is 32.4 Å². The molecule has 0 saturated carbocycles. The maximum Gasteiger partial charge on any atom is 0.243 e. The Hall–Kier alpha value is -1.76. The highest BCUT2D eigenvalue weighted by atomic mass is 32.2. The van der Waals surface area contributed by atoms with Gasteiger partial charge in [-0.3, -0.25) is 0 Å². The molecule has 2 aliphatic rings. The molecule has 1 saturated heterocycles. The number of sulfonamides is 1. The average Bonchev–Trinajstić information content (AvgIpc) is 2.96. The summed E-state index contributed by atoms with van der Waals surface area (Å²) in [6.07, 6.45) is 0. The van der Waals surface area contributed by atoms with Crippen molar-refractivity contribution in [1.82, 2.24) is 9.62 Å². The summed E-state index contributed by atoms with van der Waals surface area (Å²) in [6, 6.07) is 13.3. The first-order chi connectivity index (χ1) is 11.6. The van der Waals surface area contributed by atoms with Gasteiger partial charge in [0.2, 0.25) is 10.0 Å². The minimum atomic E-state index is -3.72. The highest BCUT2D eigenvalue weighted by Crippen LogP contribution is 2.36. The molecule has 4 nitrogen and oxygen atoms in total. The number of fused-ring (bicyclic) bond motifs is 3. The van der Waals surface area contributed by atoms with Crippen molar-refractivity contribution in [3.8, 4) is 0 Å². The van der Waals surface area contributed by atoms with Gasteiger partial charge >= 0.3 is 0 Å². The molecule has 1 N–H and O–H groups in total. The van der Waals surface area contributed by atoms with Crippen LogP contribution in [0.25, 0.3) is 0 Å². The van der Waals surface area contributed by atoms with Gasteiger partial charge in [0.1, 0.15) is 5.82 Å². The van der Waals surface area contributed by atoms with Gasteiger partial charge in [-0.2, -0.15) is 4.31 Å². The zero-order chi connectivity index (χ0) is 16.7. The van der Waals surface area contributed by atoms with Crippen molar-refractivity contribution in [3.63, 3.8) is 0 Å². The van der Waals surface area contributed by atoms with Gasteiger partial charge in [0.05, 0.1) is 4.90 Å². The quantitative estimate of drug-likeness (QED) is 0.908. The van der Waals surface area contributed by atoms with E-state index in [1.807, 2.05) is 18.2 Å². The molecule has 0 radical (unpaired) electrons. The Morgan fingerprint density at radius 2 is 1.92 bits per heavy atom. The zero-order valence-electron chi connectivity index (χ0n) is 13.2. The van der Waals surface area contributed by atoms with E-state index in [2.05, 4.69) is 11.4 Å². The summed E-state index contributed by atoms with van der Waals surface area (Å²) in [4.78, 5) is 0.0180. The third-order valence-corrected chi connectivity index (χ3v) is 6.82. The third kappa shape index (κ3) is 2.64. The number of benzene rings is 2. The number of hydrogen-bond acceptors (Lipinski definition) is 3. The maximum absolute atomic E-state index is 13.5. The molecule has 0 amide bonds. The van der Waals surface area contributed by atoms with Crippen LogP contribution in [-0.2, 0) is 16.6 Å². The minimum absolute atomic E-state index is 0.0180. The van der Waals surface area contributed by atoms with Crippen LogP contribution in [0, 0.1) is 11.7 Å². The first kappa shape index (κ1) is 15.7. The van der Waals surface area contributed by atoms with Gasteiger partial charge in [0.15, 0.2) is 0 Å². The van der Waals surface area contributed by atoms with Gasteiger partial charge in [-0.15, -0.1) is 0 Å². The van der Waals surface area contributed by atoms with Crippen LogP contribution >= 0.6 is 0 Å². The van der Waals surface area contributed by atoms with Crippen molar-refractivity contribution in [2.45, 2.75) is 17.4 Å². The zero-order valence-corrected chi connectivity index (χ0v) is 14.0. The molecule has 4 rings (SSSR count). The Labute approximate surface area is 141 Å². The summed E-state index contributed by atoms with van der Waals surface area (Å²) < 4.78 is 41.1. The molecule has 0 aliphatic carbocycles. The van der Waals surface area contributed by atoms with Crippen molar-refractivity contribution in [1.29, 1.82) is 0 Å². The topological polar surface area (TPSA) is 49.4 Å². The van der Waals surface area contributed by atoms with Crippen LogP contribution in [0.2, 0.25) is 0 Å². The van der Waals surface area contributed by atoms with Gasteiger partial charge in [0, 0.05) is 25.6 Å². The molecule has 0 aromatic heterocycles. The van der Waals surface area contributed by atoms with Crippen molar-refractivity contribution in [2.24, 2.45) is 5.92 Å². The molecule has 0 bridgehead atoms. The standard InChI is InChI=1S/C18H19FN2O2S/c19-15-5-3-6-16(8-15)24(22,23)21-11-13-4-1-2-7-17(13)18-10-20-9-14(18)12-21/h1-8,14,18,20H,9-12H2/t14-,18+/m0/s1. The number of rotatable bonds is 2. The molecule has 2 heterocycles. The lowest BCUT2D eigenvalue weighted by Crippen LogP contribution is -2.35. The summed E-state index contributed by atoms with van der Waals surface area (Å²) in [5.41, 5.74) is 2.26. The molecular weight excluding hydrogens is 327 g/mol. The van der Waals surface area contributed by atoms with Gasteiger partial charge < -0.3 is 5.32 Å². The van der Waals surface area contributed by atoms with E-state index in [9.17, 15) is 12.8 Å². The van der Waals surface area contributed by atoms with Gasteiger partial charge in [0.25, 0.3) is 0 Å². The lowest BCUT2D eigenvalue weighted by molar-refractivity contribution is 0.350. The van der Waals surface area contributed by atoms with Gasteiger partial charge in [-0.1, -0.05) is 30.3 Å². The van der Waals surface area contributed by atoms with Crippen LogP contribution in [0.3, 0.4) is 0 Å². The molecule has 126 valence electrons. The van der Waals surface area contributed by atoms with E-state index in [4.69, 9.17) is 0 Å². The van der Waals surface area contributed by atoms with E-state index in [1.54, 1.807) is 0 Å². The van der Waals surface area contributed by atoms with E-state index in [0.717, 1.165) is 24.7 Å². The SMILES string of the molecule is O=S(=O)(c1cccc(F)c1)N1Cc2ccccc2[C@@H]2CNC[C@H]2C1. The van der Waals surface area contributed by atoms with E-state index in [-0.39, 0.29) is 10.8 Å². The number of hydrogen-bond donors (Lipinski definition) is 1. The van der Waals surface area contributed by atoms with Crippen molar-refractivity contribution >= 4 is 10.0 Å². The monoisotopic (exact) mass is 346 g/mol. The number of nitrogens with zero attached hydrogens (tertiary/aromatic N) is 1. The molecule has 2 aromatic carbocycles. The van der Waals surface area contributed by atoms with E-state index >= 15 is 0 Å². The molecular formula is C18H19FN2O2S. The molecule has 2 atom stereocenters. The third-order valence-electron chi connectivity index (χ3n) is 5.01. The Morgan fingerprint density at radius 3 is 2.75 bits per heavy atom. The number of nitrogens with one attached hydrogen (secondary N) is 1. The van der Waals surface area contributed by atoms with Gasteiger partial charge in [-0.05, 0) is 41.8 Å². The first-order valence-corrected chi connectivity index (χ1v) is 9.54. The smallest absolute Gasteiger partial charge is 0.243 e. The molecule has 2 aromatic rings.